The van der Waals surface area contributed by atoms with Crippen molar-refractivity contribution in [2.24, 2.45) is 0 Å². The number of rotatable bonds is 1. The third-order valence-electron chi connectivity index (χ3n) is 3.01. The highest BCUT2D eigenvalue weighted by Gasteiger charge is 2.14. The molecular weight excluding hydrogens is 262 g/mol. The first-order chi connectivity index (χ1) is 9.56. The number of fused-ring (bicyclic) bond motifs is 1. The molecule has 3 aromatic rings. The van der Waals surface area contributed by atoms with Crippen molar-refractivity contribution >= 4 is 22.5 Å². The number of nitrogens with two attached hydrogens (primary N) is 2. The van der Waals surface area contributed by atoms with Crippen molar-refractivity contribution in [1.29, 1.82) is 0 Å². The first-order valence-electron chi connectivity index (χ1n) is 5.82. The van der Waals surface area contributed by atoms with Crippen molar-refractivity contribution in [2.45, 2.75) is 0 Å². The molecule has 0 spiro atoms. The van der Waals surface area contributed by atoms with Crippen LogP contribution in [0.15, 0.2) is 36.5 Å². The quantitative estimate of drug-likeness (QED) is 0.668. The minimum Gasteiger partial charge on any atom is -0.396 e. The van der Waals surface area contributed by atoms with E-state index in [0.717, 1.165) is 6.07 Å². The summed E-state index contributed by atoms with van der Waals surface area (Å²) in [6, 6.07) is 7.12. The lowest BCUT2D eigenvalue weighted by molar-refractivity contribution is 0.592. The number of halogens is 2. The Morgan fingerprint density at radius 1 is 1.00 bits per heavy atom. The van der Waals surface area contributed by atoms with E-state index in [1.54, 1.807) is 18.2 Å². The Hall–Kier alpha value is -2.76. The molecule has 0 aliphatic carbocycles. The van der Waals surface area contributed by atoms with Gasteiger partial charge in [-0.05, 0) is 29.8 Å². The molecule has 0 fully saturated rings. The van der Waals surface area contributed by atoms with Gasteiger partial charge in [-0.15, -0.1) is 0 Å². The number of hydrogen-bond donors (Lipinski definition) is 2. The molecule has 0 atom stereocenters. The molecule has 1 aromatic heterocycles. The highest BCUT2D eigenvalue weighted by atomic mass is 19.1. The van der Waals surface area contributed by atoms with Crippen molar-refractivity contribution < 1.29 is 8.78 Å². The highest BCUT2D eigenvalue weighted by molar-refractivity contribution is 5.85. The van der Waals surface area contributed by atoms with E-state index in [0.29, 0.717) is 16.5 Å². The van der Waals surface area contributed by atoms with Gasteiger partial charge in [0.15, 0.2) is 5.82 Å². The second-order valence-corrected chi connectivity index (χ2v) is 4.33. The molecule has 4 nitrogen and oxygen atoms in total. The molecule has 0 amide bonds. The molecule has 3 rings (SSSR count). The van der Waals surface area contributed by atoms with Gasteiger partial charge in [-0.25, -0.2) is 18.7 Å². The van der Waals surface area contributed by atoms with Crippen LogP contribution >= 0.6 is 0 Å². The normalized spacial score (nSPS) is 10.9. The average Bonchev–Trinajstić information content (AvgIpc) is 2.43. The summed E-state index contributed by atoms with van der Waals surface area (Å²) in [6.07, 6.45) is 1.50. The van der Waals surface area contributed by atoms with E-state index in [1.165, 1.54) is 12.3 Å². The van der Waals surface area contributed by atoms with Crippen LogP contribution in [0.1, 0.15) is 0 Å². The van der Waals surface area contributed by atoms with E-state index in [2.05, 4.69) is 9.97 Å². The van der Waals surface area contributed by atoms with Gasteiger partial charge in [0, 0.05) is 11.6 Å². The largest absolute Gasteiger partial charge is 0.396 e. The van der Waals surface area contributed by atoms with Gasteiger partial charge in [0.2, 0.25) is 5.95 Å². The predicted octanol–water partition coefficient (Wildman–Crippen LogP) is 2.74. The standard InChI is InChI=1S/C14H10F2N4/c15-9-2-3-10(17)13(16)12(9)7-1-4-11-8(5-7)6-19-14(18)20-11/h1-6H,17H2,(H2,18,19,20). The minimum atomic E-state index is -0.777. The number of aromatic nitrogens is 2. The summed E-state index contributed by atoms with van der Waals surface area (Å²) >= 11 is 0. The van der Waals surface area contributed by atoms with Crippen molar-refractivity contribution in [3.05, 3.63) is 48.2 Å². The molecule has 4 N–H and O–H groups in total. The number of nitrogen functional groups attached to an aromatic ring is 2. The Labute approximate surface area is 113 Å². The van der Waals surface area contributed by atoms with Gasteiger partial charge in [-0.1, -0.05) is 6.07 Å². The summed E-state index contributed by atoms with van der Waals surface area (Å²) in [7, 11) is 0. The van der Waals surface area contributed by atoms with Crippen LogP contribution in [0.5, 0.6) is 0 Å². The molecule has 100 valence electrons. The van der Waals surface area contributed by atoms with Crippen molar-refractivity contribution in [3.8, 4) is 11.1 Å². The van der Waals surface area contributed by atoms with E-state index >= 15 is 0 Å². The van der Waals surface area contributed by atoms with E-state index in [9.17, 15) is 8.78 Å². The lowest BCUT2D eigenvalue weighted by atomic mass is 10.0. The molecular formula is C14H10F2N4. The molecule has 20 heavy (non-hydrogen) atoms. The zero-order valence-electron chi connectivity index (χ0n) is 10.3. The van der Waals surface area contributed by atoms with Gasteiger partial charge < -0.3 is 11.5 Å². The Kier molecular flexibility index (Phi) is 2.71. The van der Waals surface area contributed by atoms with Crippen LogP contribution in [-0.4, -0.2) is 9.97 Å². The van der Waals surface area contributed by atoms with Gasteiger partial charge >= 0.3 is 0 Å². The van der Waals surface area contributed by atoms with Gasteiger partial charge in [-0.3, -0.25) is 0 Å². The number of hydrogen-bond acceptors (Lipinski definition) is 4. The fourth-order valence-corrected chi connectivity index (χ4v) is 2.04. The van der Waals surface area contributed by atoms with Gasteiger partial charge in [-0.2, -0.15) is 0 Å². The molecule has 6 heteroatoms. The van der Waals surface area contributed by atoms with Gasteiger partial charge in [0.05, 0.1) is 16.8 Å². The predicted molar refractivity (Wildman–Crippen MR) is 73.7 cm³/mol. The number of nitrogens with zero attached hydrogens (tertiary/aromatic N) is 2. The van der Waals surface area contributed by atoms with E-state index < -0.39 is 11.6 Å². The minimum absolute atomic E-state index is 0.102. The average molecular weight is 272 g/mol. The summed E-state index contributed by atoms with van der Waals surface area (Å²) < 4.78 is 27.8. The SMILES string of the molecule is Nc1ncc2cc(-c3c(F)ccc(N)c3F)ccc2n1. The number of benzene rings is 2. The molecule has 0 unspecified atom stereocenters. The Balaban J connectivity index is 2.25. The summed E-state index contributed by atoms with van der Waals surface area (Å²) in [6.45, 7) is 0. The molecule has 1 heterocycles. The van der Waals surface area contributed by atoms with Gasteiger partial charge in [0.25, 0.3) is 0 Å². The van der Waals surface area contributed by atoms with E-state index in [-0.39, 0.29) is 17.2 Å². The fourth-order valence-electron chi connectivity index (χ4n) is 2.04. The highest BCUT2D eigenvalue weighted by Crippen LogP contribution is 2.31. The lowest BCUT2D eigenvalue weighted by Crippen LogP contribution is -1.97. The fraction of sp³-hybridized carbons (Fsp3) is 0. The van der Waals surface area contributed by atoms with Crippen molar-refractivity contribution in [2.75, 3.05) is 11.5 Å². The second kappa shape index (κ2) is 4.41. The monoisotopic (exact) mass is 272 g/mol. The van der Waals surface area contributed by atoms with Crippen LogP contribution in [0.25, 0.3) is 22.0 Å². The summed E-state index contributed by atoms with van der Waals surface area (Å²) in [5.74, 6) is -1.31. The first kappa shape index (κ1) is 12.3. The molecule has 0 aliphatic rings. The topological polar surface area (TPSA) is 77.8 Å². The summed E-state index contributed by atoms with van der Waals surface area (Å²) in [5, 5.41) is 0.637. The van der Waals surface area contributed by atoms with Crippen LogP contribution in [0, 0.1) is 11.6 Å². The van der Waals surface area contributed by atoms with E-state index in [4.69, 9.17) is 11.5 Å². The smallest absolute Gasteiger partial charge is 0.220 e. The molecule has 0 radical (unpaired) electrons. The van der Waals surface area contributed by atoms with Crippen molar-refractivity contribution in [3.63, 3.8) is 0 Å². The van der Waals surface area contributed by atoms with Crippen LogP contribution in [-0.2, 0) is 0 Å². The maximum absolute atomic E-state index is 14.0. The Morgan fingerprint density at radius 2 is 1.80 bits per heavy atom. The maximum Gasteiger partial charge on any atom is 0.220 e. The third-order valence-corrected chi connectivity index (χ3v) is 3.01. The number of anilines is 2. The Morgan fingerprint density at radius 3 is 2.60 bits per heavy atom. The maximum atomic E-state index is 14.0. The van der Waals surface area contributed by atoms with Crippen LogP contribution in [0.2, 0.25) is 0 Å². The first-order valence-corrected chi connectivity index (χ1v) is 5.82. The van der Waals surface area contributed by atoms with Crippen molar-refractivity contribution in [1.82, 2.24) is 9.97 Å². The second-order valence-electron chi connectivity index (χ2n) is 4.33. The molecule has 2 aromatic carbocycles. The molecule has 0 bridgehead atoms. The zero-order chi connectivity index (χ0) is 14.3. The molecule has 0 aliphatic heterocycles. The molecule has 0 saturated carbocycles. The van der Waals surface area contributed by atoms with Crippen LogP contribution < -0.4 is 11.5 Å². The zero-order valence-corrected chi connectivity index (χ0v) is 10.3. The Bertz CT molecular complexity index is 818. The van der Waals surface area contributed by atoms with Gasteiger partial charge in [0.1, 0.15) is 5.82 Å². The molecule has 0 saturated heterocycles. The summed E-state index contributed by atoms with van der Waals surface area (Å²) in [5.41, 5.74) is 11.7. The third kappa shape index (κ3) is 1.91. The van der Waals surface area contributed by atoms with E-state index in [1.807, 2.05) is 0 Å². The summed E-state index contributed by atoms with van der Waals surface area (Å²) in [4.78, 5) is 7.89. The van der Waals surface area contributed by atoms with Crippen LogP contribution in [0.4, 0.5) is 20.4 Å². The lowest BCUT2D eigenvalue weighted by Gasteiger charge is -2.08. The van der Waals surface area contributed by atoms with Crippen LogP contribution in [0.3, 0.4) is 0 Å².